The van der Waals surface area contributed by atoms with Gasteiger partial charge in [0.05, 0.1) is 11.8 Å². The van der Waals surface area contributed by atoms with Crippen LogP contribution in [0.4, 0.5) is 0 Å². The first-order valence-electron chi connectivity index (χ1n) is 9.94. The van der Waals surface area contributed by atoms with Crippen LogP contribution in [0.1, 0.15) is 39.0 Å². The summed E-state index contributed by atoms with van der Waals surface area (Å²) in [6.07, 6.45) is 11.5. The highest BCUT2D eigenvalue weighted by Crippen LogP contribution is 2.63. The first-order valence-corrected chi connectivity index (χ1v) is 9.94. The molecule has 1 heterocycles. The van der Waals surface area contributed by atoms with Gasteiger partial charge in [0, 0.05) is 18.4 Å². The van der Waals surface area contributed by atoms with Gasteiger partial charge in [-0.3, -0.25) is 14.5 Å². The van der Waals surface area contributed by atoms with Gasteiger partial charge in [0.25, 0.3) is 0 Å². The third-order valence-corrected chi connectivity index (χ3v) is 8.17. The molecule has 0 N–H and O–H groups in total. The zero-order valence-corrected chi connectivity index (χ0v) is 14.3. The lowest BCUT2D eigenvalue weighted by atomic mass is 9.53. The van der Waals surface area contributed by atoms with Crippen molar-refractivity contribution < 1.29 is 9.59 Å². The molecule has 0 radical (unpaired) electrons. The zero-order valence-electron chi connectivity index (χ0n) is 14.3. The Bertz CT molecular complexity index is 653. The summed E-state index contributed by atoms with van der Waals surface area (Å²) in [5.74, 6) is 3.99. The Balaban J connectivity index is 1.45. The van der Waals surface area contributed by atoms with Crippen molar-refractivity contribution in [2.75, 3.05) is 6.54 Å². The van der Waals surface area contributed by atoms with Crippen LogP contribution in [-0.4, -0.2) is 23.3 Å². The number of allylic oxidation sites excluding steroid dienone is 4. The van der Waals surface area contributed by atoms with Crippen LogP contribution in [0.5, 0.6) is 0 Å². The van der Waals surface area contributed by atoms with Crippen LogP contribution in [0.25, 0.3) is 0 Å². The van der Waals surface area contributed by atoms with Gasteiger partial charge >= 0.3 is 0 Å². The summed E-state index contributed by atoms with van der Waals surface area (Å²) in [4.78, 5) is 27.1. The maximum Gasteiger partial charge on any atom is 0.234 e. The molecular formula is C21H25NO2. The van der Waals surface area contributed by atoms with Crippen molar-refractivity contribution >= 4 is 11.8 Å². The molecule has 1 aliphatic heterocycles. The molecule has 2 amide bonds. The summed E-state index contributed by atoms with van der Waals surface area (Å²) in [7, 11) is 0. The molecular weight excluding hydrogens is 298 g/mol. The number of likely N-dealkylation sites (tertiary alicyclic amines) is 1. The quantitative estimate of drug-likeness (QED) is 0.549. The summed E-state index contributed by atoms with van der Waals surface area (Å²) in [5, 5.41) is 0. The molecule has 126 valence electrons. The lowest BCUT2D eigenvalue weighted by molar-refractivity contribution is -0.140. The van der Waals surface area contributed by atoms with E-state index in [9.17, 15) is 9.59 Å². The minimum absolute atomic E-state index is 0.0767. The van der Waals surface area contributed by atoms with Crippen LogP contribution in [0, 0.1) is 47.3 Å². The van der Waals surface area contributed by atoms with E-state index in [1.54, 1.807) is 5.57 Å². The minimum atomic E-state index is -0.0767. The molecule has 4 atom stereocenters. The first-order chi connectivity index (χ1) is 11.7. The Morgan fingerprint density at radius 1 is 0.833 bits per heavy atom. The van der Waals surface area contributed by atoms with Gasteiger partial charge in [-0.25, -0.2) is 0 Å². The Kier molecular flexibility index (Phi) is 2.55. The van der Waals surface area contributed by atoms with Crippen LogP contribution in [0.15, 0.2) is 23.3 Å². The normalized spacial score (nSPS) is 50.6. The standard InChI is InChI=1S/C21H25NO2/c1-2-22-20(23)18-14-3-4-15(19(18)21(22)24)17(14)16-12-6-10-5-11(8-12)9-13(16)7-10/h3-4,10-15,18-19H,2,5-9H2,1H3/t10?,11?,12?,13?,14-,15+,18-,19-/m0/s1. The van der Waals surface area contributed by atoms with Crippen LogP contribution in [0.3, 0.4) is 0 Å². The fraction of sp³-hybridized carbons (Fsp3) is 0.714. The van der Waals surface area contributed by atoms with E-state index in [0.717, 1.165) is 23.7 Å². The van der Waals surface area contributed by atoms with Crippen molar-refractivity contribution in [2.45, 2.75) is 39.0 Å². The monoisotopic (exact) mass is 323 g/mol. The van der Waals surface area contributed by atoms with Crippen LogP contribution in [-0.2, 0) is 9.59 Å². The topological polar surface area (TPSA) is 37.4 Å². The first kappa shape index (κ1) is 13.9. The molecule has 0 aromatic rings. The molecule has 24 heavy (non-hydrogen) atoms. The van der Waals surface area contributed by atoms with Crippen molar-refractivity contribution in [3.63, 3.8) is 0 Å². The molecule has 1 saturated heterocycles. The zero-order chi connectivity index (χ0) is 16.2. The molecule has 6 fully saturated rings. The predicted molar refractivity (Wildman–Crippen MR) is 89.6 cm³/mol. The van der Waals surface area contributed by atoms with Gasteiger partial charge in [0.1, 0.15) is 0 Å². The largest absolute Gasteiger partial charge is 0.282 e. The lowest BCUT2D eigenvalue weighted by Crippen LogP contribution is -2.41. The number of imide groups is 1. The van der Waals surface area contributed by atoms with Crippen molar-refractivity contribution in [1.82, 2.24) is 4.90 Å². The number of carbonyl (C=O) groups excluding carboxylic acids is 2. The SMILES string of the molecule is CCN1C(=O)[C@@H]2[C@@H](C1=O)[C@H]1C=C[C@@H]2C1=C1C2CC3CC(C2)CC1C3. The molecule has 0 aromatic carbocycles. The number of hydrogen-bond acceptors (Lipinski definition) is 2. The third kappa shape index (κ3) is 1.46. The maximum absolute atomic E-state index is 12.8. The summed E-state index contributed by atoms with van der Waals surface area (Å²) in [6.45, 7) is 2.45. The fourth-order valence-corrected chi connectivity index (χ4v) is 7.68. The average Bonchev–Trinajstić information content (AvgIpc) is 3.17. The Hall–Kier alpha value is -1.38. The van der Waals surface area contributed by atoms with E-state index in [2.05, 4.69) is 12.2 Å². The Labute approximate surface area is 143 Å². The Morgan fingerprint density at radius 3 is 1.79 bits per heavy atom. The average molecular weight is 323 g/mol. The summed E-state index contributed by atoms with van der Waals surface area (Å²) in [5.41, 5.74) is 3.26. The molecule has 0 unspecified atom stereocenters. The summed E-state index contributed by atoms with van der Waals surface area (Å²) in [6, 6.07) is 0. The maximum atomic E-state index is 12.8. The van der Waals surface area contributed by atoms with Gasteiger partial charge < -0.3 is 0 Å². The van der Waals surface area contributed by atoms with Crippen LogP contribution < -0.4 is 0 Å². The molecule has 6 bridgehead atoms. The highest BCUT2D eigenvalue weighted by atomic mass is 16.2. The van der Waals surface area contributed by atoms with Gasteiger partial charge in [0.2, 0.25) is 11.8 Å². The van der Waals surface area contributed by atoms with Gasteiger partial charge in [-0.15, -0.1) is 0 Å². The number of rotatable bonds is 1. The van der Waals surface area contributed by atoms with Crippen molar-refractivity contribution in [3.05, 3.63) is 23.3 Å². The van der Waals surface area contributed by atoms with Gasteiger partial charge in [-0.2, -0.15) is 0 Å². The molecule has 7 aliphatic rings. The van der Waals surface area contributed by atoms with E-state index in [1.807, 2.05) is 6.92 Å². The van der Waals surface area contributed by atoms with Crippen molar-refractivity contribution in [1.29, 1.82) is 0 Å². The highest BCUT2D eigenvalue weighted by molar-refractivity contribution is 6.07. The van der Waals surface area contributed by atoms with E-state index in [0.29, 0.717) is 6.54 Å². The summed E-state index contributed by atoms with van der Waals surface area (Å²) < 4.78 is 0. The second-order valence-corrected chi connectivity index (χ2v) is 9.12. The fourth-order valence-electron chi connectivity index (χ4n) is 7.68. The second-order valence-electron chi connectivity index (χ2n) is 9.12. The number of hydrogen-bond donors (Lipinski definition) is 0. The summed E-state index contributed by atoms with van der Waals surface area (Å²) >= 11 is 0. The van der Waals surface area contributed by atoms with E-state index >= 15 is 0 Å². The number of fused-ring (bicyclic) bond motifs is 5. The molecule has 7 rings (SSSR count). The third-order valence-electron chi connectivity index (χ3n) is 8.17. The Morgan fingerprint density at radius 2 is 1.33 bits per heavy atom. The number of amides is 2. The highest BCUT2D eigenvalue weighted by Gasteiger charge is 2.62. The smallest absolute Gasteiger partial charge is 0.234 e. The van der Waals surface area contributed by atoms with Crippen molar-refractivity contribution in [3.8, 4) is 0 Å². The van der Waals surface area contributed by atoms with E-state index < -0.39 is 0 Å². The minimum Gasteiger partial charge on any atom is -0.282 e. The van der Waals surface area contributed by atoms with Crippen LogP contribution in [0.2, 0.25) is 0 Å². The van der Waals surface area contributed by atoms with Crippen LogP contribution >= 0.6 is 0 Å². The van der Waals surface area contributed by atoms with Gasteiger partial charge in [-0.05, 0) is 62.7 Å². The second kappa shape index (κ2) is 4.42. The van der Waals surface area contributed by atoms with E-state index in [-0.39, 0.29) is 35.5 Å². The van der Waals surface area contributed by atoms with E-state index in [1.165, 1.54) is 42.6 Å². The molecule has 0 spiro atoms. The van der Waals surface area contributed by atoms with Gasteiger partial charge in [-0.1, -0.05) is 23.3 Å². The molecule has 5 saturated carbocycles. The molecule has 6 aliphatic carbocycles. The van der Waals surface area contributed by atoms with Crippen molar-refractivity contribution in [2.24, 2.45) is 47.3 Å². The molecule has 0 aromatic heterocycles. The number of carbonyl (C=O) groups is 2. The van der Waals surface area contributed by atoms with E-state index in [4.69, 9.17) is 0 Å². The lowest BCUT2D eigenvalue weighted by Gasteiger charge is -2.52. The molecule has 3 heteroatoms. The predicted octanol–water partition coefficient (Wildman–Crippen LogP) is 3.18. The number of nitrogens with zero attached hydrogens (tertiary/aromatic N) is 1. The van der Waals surface area contributed by atoms with Gasteiger partial charge in [0.15, 0.2) is 0 Å². The molecule has 3 nitrogen and oxygen atoms in total.